The van der Waals surface area contributed by atoms with Gasteiger partial charge < -0.3 is 5.32 Å². The van der Waals surface area contributed by atoms with Gasteiger partial charge in [-0.05, 0) is 22.0 Å². The predicted molar refractivity (Wildman–Crippen MR) is 68.0 cm³/mol. The van der Waals surface area contributed by atoms with Gasteiger partial charge in [-0.25, -0.2) is 9.97 Å². The van der Waals surface area contributed by atoms with Gasteiger partial charge in [0.1, 0.15) is 12.4 Å². The molecular weight excluding hydrogens is 308 g/mol. The number of nitrogens with zero attached hydrogens (tertiary/aromatic N) is 3. The van der Waals surface area contributed by atoms with Crippen molar-refractivity contribution in [2.24, 2.45) is 0 Å². The molecule has 2 rings (SSSR count). The number of aromatic nitrogens is 2. The van der Waals surface area contributed by atoms with E-state index in [0.717, 1.165) is 9.35 Å². The highest BCUT2D eigenvalue weighted by molar-refractivity contribution is 9.10. The molecule has 0 atom stereocenters. The van der Waals surface area contributed by atoms with Crippen molar-refractivity contribution in [3.63, 3.8) is 0 Å². The van der Waals surface area contributed by atoms with Crippen LogP contribution in [0.4, 0.5) is 11.6 Å². The van der Waals surface area contributed by atoms with E-state index in [2.05, 4.69) is 31.2 Å². The van der Waals surface area contributed by atoms with Gasteiger partial charge in [0.15, 0.2) is 0 Å². The fourth-order valence-corrected chi connectivity index (χ4v) is 2.51. The molecule has 8 heteroatoms. The summed E-state index contributed by atoms with van der Waals surface area (Å²) in [7, 11) is 0. The minimum Gasteiger partial charge on any atom is -0.349 e. The highest BCUT2D eigenvalue weighted by Crippen LogP contribution is 2.20. The number of thiophene rings is 1. The molecule has 0 saturated heterocycles. The topological polar surface area (TPSA) is 81.0 Å². The van der Waals surface area contributed by atoms with Crippen molar-refractivity contribution in [1.82, 2.24) is 9.97 Å². The van der Waals surface area contributed by atoms with Crippen LogP contribution in [0.25, 0.3) is 0 Å². The molecule has 0 fully saturated rings. The molecule has 88 valence electrons. The largest absolute Gasteiger partial charge is 0.349 e. The van der Waals surface area contributed by atoms with Crippen molar-refractivity contribution in [2.75, 3.05) is 5.32 Å². The molecule has 2 heterocycles. The number of hydrogen-bond donors (Lipinski definition) is 1. The van der Waals surface area contributed by atoms with E-state index >= 15 is 0 Å². The summed E-state index contributed by atoms with van der Waals surface area (Å²) in [5.41, 5.74) is -0.116. The smallest absolute Gasteiger partial charge is 0.305 e. The number of nitro groups is 1. The normalized spacial score (nSPS) is 10.2. The third kappa shape index (κ3) is 3.21. The Balaban J connectivity index is 1.97. The molecule has 17 heavy (non-hydrogen) atoms. The van der Waals surface area contributed by atoms with E-state index < -0.39 is 4.92 Å². The molecule has 2 aromatic heterocycles. The Morgan fingerprint density at radius 1 is 1.47 bits per heavy atom. The minimum absolute atomic E-state index is 0.116. The molecular formula is C9H7BrN4O2S. The standard InChI is InChI=1S/C9H7BrN4O2S/c10-6-1-8(17-5-6)4-13-9-11-2-7(3-12-9)14(15)16/h1-3,5H,4H2,(H,11,12,13). The van der Waals surface area contributed by atoms with Gasteiger partial charge in [-0.15, -0.1) is 11.3 Å². The highest BCUT2D eigenvalue weighted by atomic mass is 79.9. The van der Waals surface area contributed by atoms with E-state index in [0.29, 0.717) is 12.5 Å². The third-order valence-corrected chi connectivity index (χ3v) is 3.59. The van der Waals surface area contributed by atoms with Crippen LogP contribution in [0, 0.1) is 10.1 Å². The zero-order valence-corrected chi connectivity index (χ0v) is 10.9. The van der Waals surface area contributed by atoms with Crippen molar-refractivity contribution >= 4 is 38.9 Å². The average molecular weight is 315 g/mol. The number of hydrogen-bond acceptors (Lipinski definition) is 6. The lowest BCUT2D eigenvalue weighted by Crippen LogP contribution is -2.02. The summed E-state index contributed by atoms with van der Waals surface area (Å²) in [6, 6.07) is 1.99. The first-order valence-corrected chi connectivity index (χ1v) is 6.25. The summed E-state index contributed by atoms with van der Waals surface area (Å²) in [5, 5.41) is 15.4. The van der Waals surface area contributed by atoms with Gasteiger partial charge in [-0.3, -0.25) is 10.1 Å². The van der Waals surface area contributed by atoms with E-state index in [4.69, 9.17) is 0 Å². The summed E-state index contributed by atoms with van der Waals surface area (Å²) in [6.45, 7) is 0.591. The maximum absolute atomic E-state index is 10.4. The lowest BCUT2D eigenvalue weighted by atomic mass is 10.4. The molecule has 0 amide bonds. The average Bonchev–Trinajstić information content (AvgIpc) is 2.73. The lowest BCUT2D eigenvalue weighted by molar-refractivity contribution is -0.385. The third-order valence-electron chi connectivity index (χ3n) is 1.89. The lowest BCUT2D eigenvalue weighted by Gasteiger charge is -2.01. The van der Waals surface area contributed by atoms with Crippen LogP contribution in [0.15, 0.2) is 28.3 Å². The first-order chi connectivity index (χ1) is 8.15. The van der Waals surface area contributed by atoms with Gasteiger partial charge in [0.05, 0.1) is 11.5 Å². The monoisotopic (exact) mass is 314 g/mol. The van der Waals surface area contributed by atoms with Crippen molar-refractivity contribution in [2.45, 2.75) is 6.54 Å². The molecule has 0 bridgehead atoms. The minimum atomic E-state index is -0.528. The Morgan fingerprint density at radius 3 is 2.71 bits per heavy atom. The van der Waals surface area contributed by atoms with Gasteiger partial charge in [0.2, 0.25) is 5.95 Å². The zero-order valence-electron chi connectivity index (χ0n) is 8.46. The quantitative estimate of drug-likeness (QED) is 0.693. The first-order valence-electron chi connectivity index (χ1n) is 4.58. The van der Waals surface area contributed by atoms with Crippen LogP contribution in [0.1, 0.15) is 4.88 Å². The Kier molecular flexibility index (Phi) is 3.64. The molecule has 0 radical (unpaired) electrons. The van der Waals surface area contributed by atoms with Gasteiger partial charge in [-0.2, -0.15) is 0 Å². The van der Waals surface area contributed by atoms with Crippen LogP contribution in [0.2, 0.25) is 0 Å². The molecule has 1 N–H and O–H groups in total. The molecule has 0 aliphatic carbocycles. The van der Waals surface area contributed by atoms with Crippen LogP contribution in [-0.4, -0.2) is 14.9 Å². The second kappa shape index (κ2) is 5.19. The van der Waals surface area contributed by atoms with Gasteiger partial charge in [0, 0.05) is 14.7 Å². The molecule has 0 aliphatic rings. The zero-order chi connectivity index (χ0) is 12.3. The Hall–Kier alpha value is -1.54. The van der Waals surface area contributed by atoms with Crippen LogP contribution in [0.5, 0.6) is 0 Å². The van der Waals surface area contributed by atoms with E-state index in [1.165, 1.54) is 12.4 Å². The Morgan fingerprint density at radius 2 is 2.18 bits per heavy atom. The summed E-state index contributed by atoms with van der Waals surface area (Å²) < 4.78 is 1.03. The Bertz CT molecular complexity index is 528. The molecule has 2 aromatic rings. The number of nitrogens with one attached hydrogen (secondary N) is 1. The molecule has 6 nitrogen and oxygen atoms in total. The van der Waals surface area contributed by atoms with Crippen LogP contribution < -0.4 is 5.32 Å². The predicted octanol–water partition coefficient (Wildman–Crippen LogP) is 2.82. The van der Waals surface area contributed by atoms with Crippen LogP contribution in [-0.2, 0) is 6.54 Å². The van der Waals surface area contributed by atoms with Crippen LogP contribution in [0.3, 0.4) is 0 Å². The summed E-state index contributed by atoms with van der Waals surface area (Å²) >= 11 is 4.96. The van der Waals surface area contributed by atoms with Gasteiger partial charge in [-0.1, -0.05) is 0 Å². The SMILES string of the molecule is O=[N+]([O-])c1cnc(NCc2cc(Br)cs2)nc1. The van der Waals surface area contributed by atoms with E-state index in [9.17, 15) is 10.1 Å². The number of anilines is 1. The van der Waals surface area contributed by atoms with Gasteiger partial charge >= 0.3 is 5.69 Å². The number of halogens is 1. The van der Waals surface area contributed by atoms with E-state index in [1.54, 1.807) is 11.3 Å². The highest BCUT2D eigenvalue weighted by Gasteiger charge is 2.06. The summed E-state index contributed by atoms with van der Waals surface area (Å²) in [5.74, 6) is 0.375. The maximum atomic E-state index is 10.4. The van der Waals surface area contributed by atoms with Crippen molar-refractivity contribution in [1.29, 1.82) is 0 Å². The molecule has 0 saturated carbocycles. The van der Waals surface area contributed by atoms with Crippen LogP contribution >= 0.6 is 27.3 Å². The summed E-state index contributed by atoms with van der Waals surface area (Å²) in [4.78, 5) is 18.7. The molecule has 0 aromatic carbocycles. The molecule has 0 aliphatic heterocycles. The summed E-state index contributed by atoms with van der Waals surface area (Å²) in [6.07, 6.45) is 2.36. The van der Waals surface area contributed by atoms with Crippen molar-refractivity contribution in [3.05, 3.63) is 43.3 Å². The first kappa shape index (κ1) is 11.9. The maximum Gasteiger partial charge on any atom is 0.305 e. The molecule has 0 unspecified atom stereocenters. The van der Waals surface area contributed by atoms with E-state index in [1.807, 2.05) is 11.4 Å². The molecule has 0 spiro atoms. The Labute approximate surface area is 109 Å². The van der Waals surface area contributed by atoms with Crippen molar-refractivity contribution in [3.8, 4) is 0 Å². The van der Waals surface area contributed by atoms with Gasteiger partial charge in [0.25, 0.3) is 0 Å². The fourth-order valence-electron chi connectivity index (χ4n) is 1.12. The van der Waals surface area contributed by atoms with Crippen molar-refractivity contribution < 1.29 is 4.92 Å². The number of rotatable bonds is 4. The second-order valence-corrected chi connectivity index (χ2v) is 5.02. The fraction of sp³-hybridized carbons (Fsp3) is 0.111. The second-order valence-electron chi connectivity index (χ2n) is 3.11. The van der Waals surface area contributed by atoms with E-state index in [-0.39, 0.29) is 5.69 Å².